The number of hydrogen-bond acceptors (Lipinski definition) is 4. The van der Waals surface area contributed by atoms with Crippen LogP contribution in [0.25, 0.3) is 54.4 Å². The Bertz CT molecular complexity index is 2070. The Morgan fingerprint density at radius 2 is 1.49 bits per heavy atom. The van der Waals surface area contributed by atoms with Gasteiger partial charge in [-0.2, -0.15) is 0 Å². The van der Waals surface area contributed by atoms with Crippen LogP contribution in [0.15, 0.2) is 109 Å². The van der Waals surface area contributed by atoms with E-state index in [0.717, 1.165) is 55.2 Å². The molecule has 0 saturated heterocycles. The Balaban J connectivity index is 0.000000252. The SMILES string of the molecule is CCC(CC)C(=O)/C=C(\O)C(CC)CC.[Ir].[c-]1c(-c2nccc3c4c(sc23)CCc2ccccc2-4)cc(-c2ccccc2)c2ccccc12. The number of aryl methyl sites for hydroxylation is 2. The van der Waals surface area contributed by atoms with Gasteiger partial charge in [0.1, 0.15) is 0 Å². The second-order valence-electron chi connectivity index (χ2n) is 12.6. The summed E-state index contributed by atoms with van der Waals surface area (Å²) >= 11 is 1.91. The molecule has 3 nitrogen and oxygen atoms in total. The van der Waals surface area contributed by atoms with E-state index in [2.05, 4.69) is 97.1 Å². The second kappa shape index (κ2) is 16.7. The summed E-state index contributed by atoms with van der Waals surface area (Å²) in [5.74, 6) is 0.547. The van der Waals surface area contributed by atoms with E-state index in [1.54, 1.807) is 0 Å². The van der Waals surface area contributed by atoms with Crippen LogP contribution in [0.5, 0.6) is 0 Å². The third kappa shape index (κ3) is 7.65. The van der Waals surface area contributed by atoms with Crippen LogP contribution in [0, 0.1) is 17.9 Å². The normalized spacial score (nSPS) is 12.3. The van der Waals surface area contributed by atoms with E-state index in [0.29, 0.717) is 0 Å². The fourth-order valence-corrected chi connectivity index (χ4v) is 8.27. The maximum atomic E-state index is 11.7. The molecular formula is C44H44IrNO2S-. The standard InChI is InChI=1S/C31H20NS.C13H24O2.Ir/c1-2-8-20(9-3-1)27-19-23(18-22-11-5-6-12-24(22)27)30-31-26(16-17-32-30)29-25-13-7-4-10-21(25)14-15-28(29)33-31;1-5-10(6-2)12(14)9-13(15)11(7-3)8-4;/h1-13,16-17,19H,14-15H2;9-11,14H,5-8H2,1-4H3;/q-1;;/b;12-9-;. The van der Waals surface area contributed by atoms with Crippen LogP contribution in [-0.2, 0) is 37.7 Å². The van der Waals surface area contributed by atoms with Gasteiger partial charge in [0.05, 0.1) is 5.76 Å². The number of aliphatic hydroxyl groups excluding tert-OH is 1. The van der Waals surface area contributed by atoms with E-state index < -0.39 is 0 Å². The number of nitrogens with zero attached hydrogens (tertiary/aromatic N) is 1. The van der Waals surface area contributed by atoms with Crippen molar-refractivity contribution in [1.29, 1.82) is 0 Å². The van der Waals surface area contributed by atoms with Gasteiger partial charge in [0.2, 0.25) is 0 Å². The summed E-state index contributed by atoms with van der Waals surface area (Å²) in [6.45, 7) is 8.07. The van der Waals surface area contributed by atoms with E-state index in [1.807, 2.05) is 45.2 Å². The van der Waals surface area contributed by atoms with E-state index in [4.69, 9.17) is 4.98 Å². The Labute approximate surface area is 308 Å². The van der Waals surface area contributed by atoms with Crippen molar-refractivity contribution >= 4 is 38.0 Å². The van der Waals surface area contributed by atoms with E-state index >= 15 is 0 Å². The molecule has 0 bridgehead atoms. The first-order chi connectivity index (χ1) is 23.5. The van der Waals surface area contributed by atoms with Gasteiger partial charge in [-0.1, -0.05) is 117 Å². The second-order valence-corrected chi connectivity index (χ2v) is 13.7. The summed E-state index contributed by atoms with van der Waals surface area (Å²) in [6.07, 6.45) is 9.08. The molecule has 253 valence electrons. The van der Waals surface area contributed by atoms with Gasteiger partial charge >= 0.3 is 0 Å². The molecule has 0 atom stereocenters. The molecule has 4 aromatic carbocycles. The zero-order valence-electron chi connectivity index (χ0n) is 28.8. The van der Waals surface area contributed by atoms with Crippen molar-refractivity contribution in [3.05, 3.63) is 126 Å². The van der Waals surface area contributed by atoms with Gasteiger partial charge in [0, 0.05) is 65.0 Å². The van der Waals surface area contributed by atoms with Crippen molar-refractivity contribution in [3.8, 4) is 33.5 Å². The molecule has 1 aliphatic carbocycles. The summed E-state index contributed by atoms with van der Waals surface area (Å²) in [5, 5.41) is 13.4. The number of carbonyl (C=O) groups is 1. The molecule has 0 fully saturated rings. The Morgan fingerprint density at radius 3 is 2.22 bits per heavy atom. The number of pyridine rings is 1. The van der Waals surface area contributed by atoms with Crippen molar-refractivity contribution in [2.24, 2.45) is 11.8 Å². The number of allylic oxidation sites excluding steroid dienone is 2. The van der Waals surface area contributed by atoms with Crippen LogP contribution < -0.4 is 0 Å². The van der Waals surface area contributed by atoms with Crippen molar-refractivity contribution in [2.75, 3.05) is 0 Å². The molecule has 7 rings (SSSR count). The fourth-order valence-electron chi connectivity index (χ4n) is 6.96. The fraction of sp³-hybridized carbons (Fsp3) is 0.273. The van der Waals surface area contributed by atoms with E-state index in [1.165, 1.54) is 54.2 Å². The van der Waals surface area contributed by atoms with Gasteiger partial charge in [-0.15, -0.1) is 34.9 Å². The zero-order valence-corrected chi connectivity index (χ0v) is 32.0. The quantitative estimate of drug-likeness (QED) is 0.0896. The first-order valence-electron chi connectivity index (χ1n) is 17.4. The van der Waals surface area contributed by atoms with Gasteiger partial charge in [-0.25, -0.2) is 0 Å². The summed E-state index contributed by atoms with van der Waals surface area (Å²) in [4.78, 5) is 18.1. The predicted octanol–water partition coefficient (Wildman–Crippen LogP) is 12.2. The molecule has 0 saturated carbocycles. The van der Waals surface area contributed by atoms with E-state index in [9.17, 15) is 9.90 Å². The van der Waals surface area contributed by atoms with E-state index in [-0.39, 0.29) is 43.5 Å². The van der Waals surface area contributed by atoms with Crippen LogP contribution >= 0.6 is 11.3 Å². The smallest absolute Gasteiger partial charge is 0.162 e. The molecule has 5 heteroatoms. The topological polar surface area (TPSA) is 50.2 Å². The molecule has 0 spiro atoms. The van der Waals surface area contributed by atoms with Crippen LogP contribution in [0.4, 0.5) is 0 Å². The first kappa shape index (κ1) is 36.4. The number of rotatable bonds is 9. The molecule has 0 unspecified atom stereocenters. The summed E-state index contributed by atoms with van der Waals surface area (Å²) in [5.41, 5.74) is 8.78. The molecule has 0 amide bonds. The van der Waals surface area contributed by atoms with Crippen LogP contribution in [0.3, 0.4) is 0 Å². The maximum Gasteiger partial charge on any atom is 0.162 e. The van der Waals surface area contributed by atoms with Gasteiger partial charge in [0.25, 0.3) is 0 Å². The monoisotopic (exact) mass is 843 g/mol. The number of carbonyl (C=O) groups excluding carboxylic acids is 1. The molecule has 0 aliphatic heterocycles. The summed E-state index contributed by atoms with van der Waals surface area (Å²) < 4.78 is 1.27. The zero-order chi connectivity index (χ0) is 33.6. The van der Waals surface area contributed by atoms with Gasteiger partial charge in [-0.3, -0.25) is 9.78 Å². The van der Waals surface area contributed by atoms with Crippen LogP contribution in [0.2, 0.25) is 0 Å². The number of aliphatic hydroxyl groups is 1. The van der Waals surface area contributed by atoms with Gasteiger partial charge in [0.15, 0.2) is 5.78 Å². The average molecular weight is 843 g/mol. The predicted molar refractivity (Wildman–Crippen MR) is 204 cm³/mol. The maximum absolute atomic E-state index is 11.7. The average Bonchev–Trinajstić information content (AvgIpc) is 3.52. The number of benzene rings is 4. The summed E-state index contributed by atoms with van der Waals surface area (Å²) in [7, 11) is 0. The van der Waals surface area contributed by atoms with Crippen molar-refractivity contribution < 1.29 is 30.0 Å². The third-order valence-corrected chi connectivity index (χ3v) is 11.1. The molecular weight excluding hydrogens is 799 g/mol. The molecule has 2 heterocycles. The minimum absolute atomic E-state index is 0. The number of thiophene rings is 1. The molecule has 2 aromatic heterocycles. The molecule has 1 radical (unpaired) electrons. The minimum Gasteiger partial charge on any atom is -0.512 e. The van der Waals surface area contributed by atoms with Crippen molar-refractivity contribution in [1.82, 2.24) is 4.98 Å². The van der Waals surface area contributed by atoms with Crippen LogP contribution in [0.1, 0.15) is 63.8 Å². The summed E-state index contributed by atoms with van der Waals surface area (Å²) in [6, 6.07) is 36.2. The first-order valence-corrected chi connectivity index (χ1v) is 18.2. The number of aromatic nitrogens is 1. The molecule has 49 heavy (non-hydrogen) atoms. The number of fused-ring (bicyclic) bond motifs is 6. The minimum atomic E-state index is 0. The molecule has 1 aliphatic rings. The number of hydrogen-bond donors (Lipinski definition) is 1. The largest absolute Gasteiger partial charge is 0.512 e. The van der Waals surface area contributed by atoms with Gasteiger partial charge < -0.3 is 5.11 Å². The molecule has 1 N–H and O–H groups in total. The Morgan fingerprint density at radius 1 is 0.816 bits per heavy atom. The Hall–Kier alpha value is -3.89. The van der Waals surface area contributed by atoms with Crippen molar-refractivity contribution in [3.63, 3.8) is 0 Å². The van der Waals surface area contributed by atoms with Crippen LogP contribution in [-0.4, -0.2) is 15.9 Å². The van der Waals surface area contributed by atoms with Gasteiger partial charge in [-0.05, 0) is 66.7 Å². The third-order valence-electron chi connectivity index (χ3n) is 9.78. The number of ketones is 1. The molecule has 6 aromatic rings. The van der Waals surface area contributed by atoms with Crippen molar-refractivity contribution in [2.45, 2.75) is 66.2 Å². The Kier molecular flexibility index (Phi) is 12.4.